The summed E-state index contributed by atoms with van der Waals surface area (Å²) in [5.74, 6) is 1.77. The van der Waals surface area contributed by atoms with Crippen LogP contribution in [0.25, 0.3) is 16.8 Å². The van der Waals surface area contributed by atoms with Crippen LogP contribution in [0.15, 0.2) is 48.9 Å². The number of hydrogen-bond donors (Lipinski definition) is 1. The van der Waals surface area contributed by atoms with E-state index in [1.807, 2.05) is 23.0 Å². The molecule has 0 atom stereocenters. The molecule has 5 rings (SSSR count). The molecule has 0 radical (unpaired) electrons. The molecule has 4 bridgehead atoms. The average Bonchev–Trinajstić information content (AvgIpc) is 3.47. The Kier molecular flexibility index (Phi) is 5.19. The number of nitrogens with one attached hydrogen (secondary N) is 1. The lowest BCUT2D eigenvalue weighted by Crippen LogP contribution is -2.30. The Labute approximate surface area is 178 Å². The molecule has 0 unspecified atom stereocenters. The SMILES string of the molecule is C=C(CC1CC1)N1CCCc2cc(CC)cc(c2)-c2cnn3ccc(nc23)NCC1. The molecule has 0 spiro atoms. The van der Waals surface area contributed by atoms with Gasteiger partial charge in [0.15, 0.2) is 5.65 Å². The van der Waals surface area contributed by atoms with Crippen molar-refractivity contribution < 1.29 is 0 Å². The fraction of sp³-hybridized carbons (Fsp3) is 0.440. The van der Waals surface area contributed by atoms with Crippen LogP contribution in [0.4, 0.5) is 5.82 Å². The van der Waals surface area contributed by atoms with Gasteiger partial charge in [-0.15, -0.1) is 0 Å². The van der Waals surface area contributed by atoms with Gasteiger partial charge < -0.3 is 10.2 Å². The molecule has 1 aliphatic carbocycles. The zero-order valence-corrected chi connectivity index (χ0v) is 17.9. The maximum absolute atomic E-state index is 4.89. The van der Waals surface area contributed by atoms with Crippen LogP contribution in [-0.4, -0.2) is 39.1 Å². The van der Waals surface area contributed by atoms with Gasteiger partial charge in [-0.2, -0.15) is 5.10 Å². The van der Waals surface area contributed by atoms with Crippen molar-refractivity contribution in [3.8, 4) is 11.1 Å². The van der Waals surface area contributed by atoms with Crippen LogP contribution in [-0.2, 0) is 12.8 Å². The van der Waals surface area contributed by atoms with Gasteiger partial charge in [-0.05, 0) is 67.2 Å². The van der Waals surface area contributed by atoms with Gasteiger partial charge in [0.2, 0.25) is 0 Å². The molecule has 0 saturated heterocycles. The van der Waals surface area contributed by atoms with Crippen molar-refractivity contribution in [2.45, 2.75) is 45.4 Å². The Balaban J connectivity index is 1.50. The average molecular weight is 402 g/mol. The zero-order chi connectivity index (χ0) is 20.5. The summed E-state index contributed by atoms with van der Waals surface area (Å²) in [7, 11) is 0. The minimum absolute atomic E-state index is 0.863. The molecule has 1 fully saturated rings. The van der Waals surface area contributed by atoms with E-state index >= 15 is 0 Å². The minimum Gasteiger partial charge on any atom is -0.374 e. The monoisotopic (exact) mass is 401 g/mol. The summed E-state index contributed by atoms with van der Waals surface area (Å²) >= 11 is 0. The molecule has 1 aromatic carbocycles. The fourth-order valence-electron chi connectivity index (χ4n) is 4.44. The summed E-state index contributed by atoms with van der Waals surface area (Å²) in [6, 6.07) is 8.99. The molecule has 156 valence electrons. The van der Waals surface area contributed by atoms with Gasteiger partial charge in [-0.3, -0.25) is 0 Å². The summed E-state index contributed by atoms with van der Waals surface area (Å²) in [5.41, 5.74) is 7.31. The van der Waals surface area contributed by atoms with Crippen LogP contribution in [0, 0.1) is 5.92 Å². The number of fused-ring (bicyclic) bond motifs is 4. The van der Waals surface area contributed by atoms with Crippen molar-refractivity contribution in [3.63, 3.8) is 0 Å². The highest BCUT2D eigenvalue weighted by molar-refractivity contribution is 5.78. The maximum Gasteiger partial charge on any atom is 0.165 e. The second-order valence-electron chi connectivity index (χ2n) is 8.76. The lowest BCUT2D eigenvalue weighted by Gasteiger charge is -2.27. The zero-order valence-electron chi connectivity index (χ0n) is 17.9. The first kappa shape index (κ1) is 19.2. The summed E-state index contributed by atoms with van der Waals surface area (Å²) in [4.78, 5) is 7.38. The van der Waals surface area contributed by atoms with E-state index in [9.17, 15) is 0 Å². The number of anilines is 1. The molecule has 5 nitrogen and oxygen atoms in total. The molecule has 2 aliphatic rings. The van der Waals surface area contributed by atoms with E-state index in [-0.39, 0.29) is 0 Å². The first-order chi connectivity index (χ1) is 14.7. The summed E-state index contributed by atoms with van der Waals surface area (Å²) in [6.45, 7) is 9.54. The van der Waals surface area contributed by atoms with Gasteiger partial charge in [-0.25, -0.2) is 9.50 Å². The number of benzene rings is 1. The molecule has 5 heteroatoms. The summed E-state index contributed by atoms with van der Waals surface area (Å²) in [6.07, 6.45) is 11.1. The molecule has 1 aliphatic heterocycles. The van der Waals surface area contributed by atoms with E-state index in [1.165, 1.54) is 35.2 Å². The van der Waals surface area contributed by atoms with E-state index < -0.39 is 0 Å². The molecule has 3 heterocycles. The highest BCUT2D eigenvalue weighted by Gasteiger charge is 2.24. The Morgan fingerprint density at radius 1 is 1.23 bits per heavy atom. The Morgan fingerprint density at radius 3 is 2.97 bits per heavy atom. The Morgan fingerprint density at radius 2 is 2.13 bits per heavy atom. The van der Waals surface area contributed by atoms with Crippen molar-refractivity contribution in [2.75, 3.05) is 25.0 Å². The molecule has 1 N–H and O–H groups in total. The molecule has 2 aromatic heterocycles. The van der Waals surface area contributed by atoms with Gasteiger partial charge in [0.25, 0.3) is 0 Å². The normalized spacial score (nSPS) is 17.0. The van der Waals surface area contributed by atoms with Crippen LogP contribution < -0.4 is 5.32 Å². The Hall–Kier alpha value is -2.82. The van der Waals surface area contributed by atoms with Crippen LogP contribution in [0.5, 0.6) is 0 Å². The number of nitrogens with zero attached hydrogens (tertiary/aromatic N) is 4. The van der Waals surface area contributed by atoms with Crippen LogP contribution in [0.2, 0.25) is 0 Å². The molecule has 0 amide bonds. The van der Waals surface area contributed by atoms with E-state index in [0.717, 1.165) is 68.3 Å². The standard InChI is InChI=1S/C25H31N5/c1-3-19-14-21-5-4-10-29(18(2)13-20-6-7-20)12-9-26-24-8-11-30-25(28-24)23(17-27-30)22(15-19)16-21/h8,11,14-17,20H,2-7,9-10,12-13H2,1H3,(H,26,28). The van der Waals surface area contributed by atoms with Gasteiger partial charge in [0.05, 0.1) is 6.20 Å². The quantitative estimate of drug-likeness (QED) is 0.673. The summed E-state index contributed by atoms with van der Waals surface area (Å²) < 4.78 is 1.87. The number of aromatic nitrogens is 3. The third kappa shape index (κ3) is 4.07. The van der Waals surface area contributed by atoms with Crippen LogP contribution in [0.3, 0.4) is 0 Å². The van der Waals surface area contributed by atoms with Crippen molar-refractivity contribution in [1.29, 1.82) is 0 Å². The van der Waals surface area contributed by atoms with Crippen molar-refractivity contribution in [3.05, 3.63) is 60.1 Å². The minimum atomic E-state index is 0.863. The predicted octanol–water partition coefficient (Wildman–Crippen LogP) is 4.93. The molecule has 1 saturated carbocycles. The van der Waals surface area contributed by atoms with E-state index in [1.54, 1.807) is 0 Å². The Bertz CT molecular complexity index is 1060. The second kappa shape index (κ2) is 8.13. The van der Waals surface area contributed by atoms with Crippen molar-refractivity contribution >= 4 is 11.5 Å². The van der Waals surface area contributed by atoms with Crippen molar-refractivity contribution in [1.82, 2.24) is 19.5 Å². The van der Waals surface area contributed by atoms with Crippen molar-refractivity contribution in [2.24, 2.45) is 5.92 Å². The van der Waals surface area contributed by atoms with Crippen LogP contribution in [0.1, 0.15) is 43.7 Å². The van der Waals surface area contributed by atoms with Gasteiger partial charge in [0.1, 0.15) is 5.82 Å². The second-order valence-corrected chi connectivity index (χ2v) is 8.76. The van der Waals surface area contributed by atoms with Crippen LogP contribution >= 0.6 is 0 Å². The van der Waals surface area contributed by atoms with Gasteiger partial charge >= 0.3 is 0 Å². The third-order valence-electron chi connectivity index (χ3n) is 6.39. The van der Waals surface area contributed by atoms with E-state index in [2.05, 4.69) is 47.0 Å². The summed E-state index contributed by atoms with van der Waals surface area (Å²) in [5, 5.41) is 8.06. The molecular formula is C25H31N5. The topological polar surface area (TPSA) is 45.5 Å². The van der Waals surface area contributed by atoms with E-state index in [0.29, 0.717) is 0 Å². The van der Waals surface area contributed by atoms with Gasteiger partial charge in [0, 0.05) is 37.1 Å². The largest absolute Gasteiger partial charge is 0.374 e. The maximum atomic E-state index is 4.89. The highest BCUT2D eigenvalue weighted by Crippen LogP contribution is 2.35. The highest BCUT2D eigenvalue weighted by atomic mass is 15.3. The molecule has 30 heavy (non-hydrogen) atoms. The molecule has 3 aromatic rings. The number of allylic oxidation sites excluding steroid dienone is 1. The van der Waals surface area contributed by atoms with Gasteiger partial charge in [-0.1, -0.05) is 31.7 Å². The molecular weight excluding hydrogens is 370 g/mol. The number of hydrogen-bond acceptors (Lipinski definition) is 4. The first-order valence-electron chi connectivity index (χ1n) is 11.3. The number of rotatable bonds is 4. The first-order valence-corrected chi connectivity index (χ1v) is 11.3. The lowest BCUT2D eigenvalue weighted by atomic mass is 9.98. The third-order valence-corrected chi connectivity index (χ3v) is 6.39. The fourth-order valence-corrected chi connectivity index (χ4v) is 4.44. The smallest absolute Gasteiger partial charge is 0.165 e. The lowest BCUT2D eigenvalue weighted by molar-refractivity contribution is 0.336. The predicted molar refractivity (Wildman–Crippen MR) is 123 cm³/mol. The number of aryl methyl sites for hydroxylation is 2. The van der Waals surface area contributed by atoms with E-state index in [4.69, 9.17) is 4.98 Å².